The van der Waals surface area contributed by atoms with Crippen molar-refractivity contribution in [2.75, 3.05) is 20.1 Å². The van der Waals surface area contributed by atoms with Gasteiger partial charge in [0.1, 0.15) is 0 Å². The molecule has 1 aliphatic rings. The minimum atomic E-state index is 0.217. The van der Waals surface area contributed by atoms with Crippen molar-refractivity contribution < 1.29 is 4.79 Å². The number of carbonyl (C=O) groups excluding carboxylic acids is 1. The monoisotopic (exact) mass is 269 g/mol. The van der Waals surface area contributed by atoms with Crippen molar-refractivity contribution in [2.24, 2.45) is 0 Å². The van der Waals surface area contributed by atoms with Gasteiger partial charge in [-0.15, -0.1) is 0 Å². The van der Waals surface area contributed by atoms with Gasteiger partial charge < -0.3 is 4.90 Å². The van der Waals surface area contributed by atoms with E-state index in [1.54, 1.807) is 12.1 Å². The first-order chi connectivity index (χ1) is 8.06. The van der Waals surface area contributed by atoms with Gasteiger partial charge in [-0.1, -0.05) is 29.3 Å². The maximum absolute atomic E-state index is 11.7. The van der Waals surface area contributed by atoms with Gasteiger partial charge in [0.25, 0.3) is 0 Å². The molecule has 1 aliphatic heterocycles. The SMILES string of the molecule is CN1CCC(=O)/C(=C/c2ccc(Cl)c(Cl)c2)C1. The summed E-state index contributed by atoms with van der Waals surface area (Å²) in [4.78, 5) is 13.9. The van der Waals surface area contributed by atoms with E-state index in [1.165, 1.54) is 0 Å². The highest BCUT2D eigenvalue weighted by atomic mass is 35.5. The van der Waals surface area contributed by atoms with Gasteiger partial charge >= 0.3 is 0 Å². The van der Waals surface area contributed by atoms with Gasteiger partial charge in [0, 0.05) is 25.1 Å². The van der Waals surface area contributed by atoms with Crippen LogP contribution in [-0.2, 0) is 4.79 Å². The van der Waals surface area contributed by atoms with Gasteiger partial charge in [0.05, 0.1) is 10.0 Å². The lowest BCUT2D eigenvalue weighted by Crippen LogP contribution is -2.32. The summed E-state index contributed by atoms with van der Waals surface area (Å²) in [6.45, 7) is 1.52. The normalized spacial score (nSPS) is 19.9. The predicted molar refractivity (Wildman–Crippen MR) is 71.6 cm³/mol. The lowest BCUT2D eigenvalue weighted by molar-refractivity contribution is -0.117. The molecule has 1 aromatic carbocycles. The standard InChI is InChI=1S/C13H13Cl2NO/c1-16-5-4-13(17)10(8-16)6-9-2-3-11(14)12(15)7-9/h2-3,6-7H,4-5,8H2,1H3/b10-6+. The molecule has 0 bridgehead atoms. The van der Waals surface area contributed by atoms with Crippen LogP contribution in [0.1, 0.15) is 12.0 Å². The van der Waals surface area contributed by atoms with E-state index in [-0.39, 0.29) is 5.78 Å². The Kier molecular flexibility index (Phi) is 3.87. The highest BCUT2D eigenvalue weighted by Crippen LogP contribution is 2.24. The van der Waals surface area contributed by atoms with Crippen molar-refractivity contribution in [3.63, 3.8) is 0 Å². The number of halogens is 2. The Morgan fingerprint density at radius 1 is 1.29 bits per heavy atom. The van der Waals surface area contributed by atoms with E-state index in [1.807, 2.05) is 19.2 Å². The van der Waals surface area contributed by atoms with Crippen LogP contribution in [0.25, 0.3) is 6.08 Å². The quantitative estimate of drug-likeness (QED) is 0.730. The number of likely N-dealkylation sites (tertiary alicyclic amines) is 1. The number of ketones is 1. The summed E-state index contributed by atoms with van der Waals surface area (Å²) in [7, 11) is 2.01. The van der Waals surface area contributed by atoms with E-state index in [0.29, 0.717) is 23.0 Å². The van der Waals surface area contributed by atoms with Crippen LogP contribution in [0.5, 0.6) is 0 Å². The molecule has 4 heteroatoms. The second-order valence-electron chi connectivity index (χ2n) is 4.25. The zero-order valence-electron chi connectivity index (χ0n) is 9.54. The zero-order chi connectivity index (χ0) is 12.4. The van der Waals surface area contributed by atoms with Gasteiger partial charge in [-0.2, -0.15) is 0 Å². The van der Waals surface area contributed by atoms with Crippen molar-refractivity contribution in [3.05, 3.63) is 39.4 Å². The van der Waals surface area contributed by atoms with Gasteiger partial charge in [-0.05, 0) is 30.8 Å². The van der Waals surface area contributed by atoms with E-state index in [0.717, 1.165) is 17.7 Å². The third kappa shape index (κ3) is 3.09. The molecule has 0 spiro atoms. The second kappa shape index (κ2) is 5.21. The van der Waals surface area contributed by atoms with Crippen molar-refractivity contribution >= 4 is 35.1 Å². The smallest absolute Gasteiger partial charge is 0.161 e. The number of rotatable bonds is 1. The molecule has 1 heterocycles. The molecule has 0 amide bonds. The fourth-order valence-electron chi connectivity index (χ4n) is 1.84. The maximum Gasteiger partial charge on any atom is 0.161 e. The average Bonchev–Trinajstić information content (AvgIpc) is 2.29. The second-order valence-corrected chi connectivity index (χ2v) is 5.07. The summed E-state index contributed by atoms with van der Waals surface area (Å²) in [5.41, 5.74) is 1.75. The third-order valence-electron chi connectivity index (χ3n) is 2.80. The molecule has 90 valence electrons. The molecule has 1 saturated heterocycles. The molecular formula is C13H13Cl2NO. The molecule has 0 unspecified atom stereocenters. The van der Waals surface area contributed by atoms with Crippen molar-refractivity contribution in [2.45, 2.75) is 6.42 Å². The molecular weight excluding hydrogens is 257 g/mol. The molecule has 2 nitrogen and oxygen atoms in total. The van der Waals surface area contributed by atoms with Crippen molar-refractivity contribution in [1.82, 2.24) is 4.90 Å². The van der Waals surface area contributed by atoms with Crippen molar-refractivity contribution in [1.29, 1.82) is 0 Å². The summed E-state index contributed by atoms with van der Waals surface area (Å²) >= 11 is 11.8. The molecule has 0 radical (unpaired) electrons. The predicted octanol–water partition coefficient (Wildman–Crippen LogP) is 3.28. The first kappa shape index (κ1) is 12.6. The van der Waals surface area contributed by atoms with E-state index in [9.17, 15) is 4.79 Å². The Morgan fingerprint density at radius 3 is 2.76 bits per heavy atom. The molecule has 0 aliphatic carbocycles. The molecule has 1 fully saturated rings. The highest BCUT2D eigenvalue weighted by Gasteiger charge is 2.18. The number of hydrogen-bond acceptors (Lipinski definition) is 2. The Balaban J connectivity index is 2.28. The molecule has 2 rings (SSSR count). The first-order valence-corrected chi connectivity index (χ1v) is 6.19. The minimum Gasteiger partial charge on any atom is -0.302 e. The van der Waals surface area contributed by atoms with Crippen LogP contribution >= 0.6 is 23.2 Å². The molecule has 0 N–H and O–H groups in total. The van der Waals surface area contributed by atoms with Crippen LogP contribution < -0.4 is 0 Å². The summed E-state index contributed by atoms with van der Waals surface area (Å²) in [6.07, 6.45) is 2.48. The fourth-order valence-corrected chi connectivity index (χ4v) is 2.15. The highest BCUT2D eigenvalue weighted by molar-refractivity contribution is 6.42. The molecule has 17 heavy (non-hydrogen) atoms. The van der Waals surface area contributed by atoms with Gasteiger partial charge in [0.2, 0.25) is 0 Å². The zero-order valence-corrected chi connectivity index (χ0v) is 11.1. The topological polar surface area (TPSA) is 20.3 Å². The van der Waals surface area contributed by atoms with Crippen LogP contribution in [0.3, 0.4) is 0 Å². The maximum atomic E-state index is 11.7. The van der Waals surface area contributed by atoms with Gasteiger partial charge in [0.15, 0.2) is 5.78 Å². The molecule has 1 aromatic rings. The average molecular weight is 270 g/mol. The third-order valence-corrected chi connectivity index (χ3v) is 3.54. The molecule has 0 saturated carbocycles. The van der Waals surface area contributed by atoms with E-state index in [4.69, 9.17) is 23.2 Å². The van der Waals surface area contributed by atoms with E-state index in [2.05, 4.69) is 4.90 Å². The van der Waals surface area contributed by atoms with Crippen LogP contribution in [0.15, 0.2) is 23.8 Å². The minimum absolute atomic E-state index is 0.217. The lowest BCUT2D eigenvalue weighted by atomic mass is 10.0. The number of nitrogens with zero attached hydrogens (tertiary/aromatic N) is 1. The Labute approximate surface area is 111 Å². The molecule has 0 atom stereocenters. The van der Waals surface area contributed by atoms with Gasteiger partial charge in [-0.3, -0.25) is 4.79 Å². The fraction of sp³-hybridized carbons (Fsp3) is 0.308. The van der Waals surface area contributed by atoms with Gasteiger partial charge in [-0.25, -0.2) is 0 Å². The summed E-state index contributed by atoms with van der Waals surface area (Å²) in [6, 6.07) is 5.38. The Hall–Kier alpha value is -0.830. The number of likely N-dealkylation sites (N-methyl/N-ethyl adjacent to an activating group) is 1. The number of carbonyl (C=O) groups is 1. The Morgan fingerprint density at radius 2 is 2.06 bits per heavy atom. The Bertz CT molecular complexity index is 482. The summed E-state index contributed by atoms with van der Waals surface area (Å²) in [5, 5.41) is 1.04. The molecule has 0 aromatic heterocycles. The first-order valence-electron chi connectivity index (χ1n) is 5.43. The van der Waals surface area contributed by atoms with Crippen LogP contribution in [0, 0.1) is 0 Å². The number of Topliss-reactive ketones (excluding diaryl/α,β-unsaturated/α-hetero) is 1. The number of hydrogen-bond donors (Lipinski definition) is 0. The summed E-state index contributed by atoms with van der Waals surface area (Å²) < 4.78 is 0. The van der Waals surface area contributed by atoms with Crippen LogP contribution in [0.4, 0.5) is 0 Å². The summed E-state index contributed by atoms with van der Waals surface area (Å²) in [5.74, 6) is 0.217. The number of piperidine rings is 1. The van der Waals surface area contributed by atoms with Crippen molar-refractivity contribution in [3.8, 4) is 0 Å². The van der Waals surface area contributed by atoms with Crippen LogP contribution in [-0.4, -0.2) is 30.8 Å². The van der Waals surface area contributed by atoms with E-state index >= 15 is 0 Å². The van der Waals surface area contributed by atoms with E-state index < -0.39 is 0 Å². The largest absolute Gasteiger partial charge is 0.302 e. The van der Waals surface area contributed by atoms with Crippen LogP contribution in [0.2, 0.25) is 10.0 Å². The number of benzene rings is 1. The lowest BCUT2D eigenvalue weighted by Gasteiger charge is -2.23.